The van der Waals surface area contributed by atoms with Crippen LogP contribution in [0.5, 0.6) is 0 Å². The monoisotopic (exact) mass is 229 g/mol. The first-order chi connectivity index (χ1) is 8.19. The van der Waals surface area contributed by atoms with Crippen LogP contribution in [0.1, 0.15) is 28.2 Å². The molecule has 3 N–H and O–H groups in total. The smallest absolute Gasteiger partial charge is 0.110 e. The topological polar surface area (TPSA) is 54.7 Å². The Kier molecular flexibility index (Phi) is 3.59. The van der Waals surface area contributed by atoms with Gasteiger partial charge >= 0.3 is 0 Å². The van der Waals surface area contributed by atoms with E-state index in [0.717, 1.165) is 24.4 Å². The third-order valence-electron chi connectivity index (χ3n) is 2.95. The van der Waals surface area contributed by atoms with E-state index in [1.807, 2.05) is 6.20 Å². The van der Waals surface area contributed by atoms with Gasteiger partial charge in [0.15, 0.2) is 0 Å². The number of nitrogens with zero attached hydrogens (tertiary/aromatic N) is 1. The molecule has 0 aliphatic heterocycles. The van der Waals surface area contributed by atoms with Gasteiger partial charge in [-0.15, -0.1) is 0 Å². The summed E-state index contributed by atoms with van der Waals surface area (Å²) in [6, 6.07) is 6.53. The first-order valence-corrected chi connectivity index (χ1v) is 5.98. The second-order valence-electron chi connectivity index (χ2n) is 4.50. The third-order valence-corrected chi connectivity index (χ3v) is 2.95. The zero-order valence-electron chi connectivity index (χ0n) is 10.5. The van der Waals surface area contributed by atoms with Crippen LogP contribution in [0.25, 0.3) is 0 Å². The average molecular weight is 229 g/mol. The predicted molar refractivity (Wildman–Crippen MR) is 70.1 cm³/mol. The van der Waals surface area contributed by atoms with Gasteiger partial charge in [-0.05, 0) is 31.5 Å². The number of nitrogens with one attached hydrogen (secondary N) is 1. The number of hydrogen-bond donors (Lipinski definition) is 2. The van der Waals surface area contributed by atoms with Crippen LogP contribution in [0.3, 0.4) is 0 Å². The molecule has 0 aliphatic carbocycles. The van der Waals surface area contributed by atoms with Crippen LogP contribution < -0.4 is 5.73 Å². The quantitative estimate of drug-likeness (QED) is 0.843. The van der Waals surface area contributed by atoms with Crippen molar-refractivity contribution in [2.24, 2.45) is 5.73 Å². The van der Waals surface area contributed by atoms with Gasteiger partial charge in [-0.25, -0.2) is 4.98 Å². The Balaban J connectivity index is 2.13. The van der Waals surface area contributed by atoms with Crippen LogP contribution in [0, 0.1) is 13.8 Å². The van der Waals surface area contributed by atoms with Crippen LogP contribution in [-0.4, -0.2) is 16.5 Å². The van der Waals surface area contributed by atoms with Crippen molar-refractivity contribution in [3.05, 3.63) is 52.6 Å². The molecule has 1 aromatic heterocycles. The molecule has 90 valence electrons. The Bertz CT molecular complexity index is 500. The zero-order valence-corrected chi connectivity index (χ0v) is 10.5. The standard InChI is InChI=1S/C14H19N3/c1-10-3-4-12(11(2)7-10)8-14-16-9-13(17-14)5-6-15/h3-4,7,9H,5-6,8,15H2,1-2H3,(H,16,17). The maximum absolute atomic E-state index is 5.52. The molecule has 0 bridgehead atoms. The lowest BCUT2D eigenvalue weighted by molar-refractivity contribution is 0.918. The van der Waals surface area contributed by atoms with Gasteiger partial charge in [0.1, 0.15) is 5.82 Å². The zero-order chi connectivity index (χ0) is 12.3. The van der Waals surface area contributed by atoms with E-state index in [2.05, 4.69) is 42.0 Å². The Labute approximate surface area is 102 Å². The molecule has 0 atom stereocenters. The molecule has 0 fully saturated rings. The second-order valence-corrected chi connectivity index (χ2v) is 4.50. The number of aryl methyl sites for hydroxylation is 2. The molecule has 17 heavy (non-hydrogen) atoms. The number of aromatic amines is 1. The van der Waals surface area contributed by atoms with E-state index >= 15 is 0 Å². The van der Waals surface area contributed by atoms with E-state index in [0.29, 0.717) is 6.54 Å². The van der Waals surface area contributed by atoms with Crippen molar-refractivity contribution in [2.75, 3.05) is 6.54 Å². The van der Waals surface area contributed by atoms with Gasteiger partial charge in [-0.1, -0.05) is 23.8 Å². The normalized spacial score (nSPS) is 10.8. The summed E-state index contributed by atoms with van der Waals surface area (Å²) in [5, 5.41) is 0. The van der Waals surface area contributed by atoms with E-state index in [4.69, 9.17) is 5.73 Å². The maximum Gasteiger partial charge on any atom is 0.110 e. The number of H-pyrrole nitrogens is 1. The van der Waals surface area contributed by atoms with Crippen molar-refractivity contribution < 1.29 is 0 Å². The van der Waals surface area contributed by atoms with Crippen LogP contribution in [-0.2, 0) is 12.8 Å². The summed E-state index contributed by atoms with van der Waals surface area (Å²) in [4.78, 5) is 7.70. The summed E-state index contributed by atoms with van der Waals surface area (Å²) >= 11 is 0. The molecule has 0 unspecified atom stereocenters. The van der Waals surface area contributed by atoms with Crippen LogP contribution in [0.15, 0.2) is 24.4 Å². The number of benzene rings is 1. The van der Waals surface area contributed by atoms with Crippen LogP contribution in [0.4, 0.5) is 0 Å². The Morgan fingerprint density at radius 2 is 2.12 bits per heavy atom. The Hall–Kier alpha value is -1.61. The minimum Gasteiger partial charge on any atom is -0.346 e. The number of aromatic nitrogens is 2. The molecule has 0 radical (unpaired) electrons. The molecule has 0 saturated heterocycles. The second kappa shape index (κ2) is 5.15. The van der Waals surface area contributed by atoms with Gasteiger partial charge in [0, 0.05) is 24.7 Å². The summed E-state index contributed by atoms with van der Waals surface area (Å²) in [5.41, 5.74) is 10.6. The number of rotatable bonds is 4. The Morgan fingerprint density at radius 1 is 1.29 bits per heavy atom. The highest BCUT2D eigenvalue weighted by atomic mass is 14.9. The molecule has 3 heteroatoms. The van der Waals surface area contributed by atoms with Crippen molar-refractivity contribution >= 4 is 0 Å². The number of hydrogen-bond acceptors (Lipinski definition) is 2. The Morgan fingerprint density at radius 3 is 2.82 bits per heavy atom. The molecular weight excluding hydrogens is 210 g/mol. The molecule has 1 aromatic carbocycles. The van der Waals surface area contributed by atoms with Gasteiger partial charge in [-0.3, -0.25) is 0 Å². The predicted octanol–water partition coefficient (Wildman–Crippen LogP) is 2.12. The lowest BCUT2D eigenvalue weighted by Gasteiger charge is -2.04. The highest BCUT2D eigenvalue weighted by Crippen LogP contribution is 2.14. The first-order valence-electron chi connectivity index (χ1n) is 5.98. The van der Waals surface area contributed by atoms with Crippen molar-refractivity contribution in [3.63, 3.8) is 0 Å². The van der Waals surface area contributed by atoms with Crippen molar-refractivity contribution in [2.45, 2.75) is 26.7 Å². The fourth-order valence-corrected chi connectivity index (χ4v) is 2.00. The largest absolute Gasteiger partial charge is 0.346 e. The summed E-state index contributed by atoms with van der Waals surface area (Å²) in [7, 11) is 0. The molecular formula is C14H19N3. The van der Waals surface area contributed by atoms with Crippen LogP contribution in [0.2, 0.25) is 0 Å². The van der Waals surface area contributed by atoms with Gasteiger partial charge in [-0.2, -0.15) is 0 Å². The summed E-state index contributed by atoms with van der Waals surface area (Å²) in [5.74, 6) is 1.01. The van der Waals surface area contributed by atoms with Crippen molar-refractivity contribution in [1.29, 1.82) is 0 Å². The van der Waals surface area contributed by atoms with Crippen molar-refractivity contribution in [1.82, 2.24) is 9.97 Å². The number of imidazole rings is 1. The molecule has 1 heterocycles. The summed E-state index contributed by atoms with van der Waals surface area (Å²) < 4.78 is 0. The fraction of sp³-hybridized carbons (Fsp3) is 0.357. The fourth-order valence-electron chi connectivity index (χ4n) is 2.00. The molecule has 0 spiro atoms. The van der Waals surface area contributed by atoms with Gasteiger partial charge in [0.2, 0.25) is 0 Å². The lowest BCUT2D eigenvalue weighted by atomic mass is 10.0. The molecule has 2 rings (SSSR count). The molecule has 0 amide bonds. The van der Waals surface area contributed by atoms with Crippen LogP contribution >= 0.6 is 0 Å². The summed E-state index contributed by atoms with van der Waals surface area (Å²) in [6.45, 7) is 4.92. The molecule has 0 saturated carbocycles. The molecule has 0 aliphatic rings. The summed E-state index contributed by atoms with van der Waals surface area (Å²) in [6.07, 6.45) is 3.60. The average Bonchev–Trinajstić information content (AvgIpc) is 2.71. The van der Waals surface area contributed by atoms with Crippen molar-refractivity contribution in [3.8, 4) is 0 Å². The highest BCUT2D eigenvalue weighted by molar-refractivity contribution is 5.32. The van der Waals surface area contributed by atoms with E-state index in [1.165, 1.54) is 16.7 Å². The molecule has 3 nitrogen and oxygen atoms in total. The van der Waals surface area contributed by atoms with Gasteiger partial charge in [0.25, 0.3) is 0 Å². The number of nitrogens with two attached hydrogens (primary N) is 1. The first kappa shape index (κ1) is 11.9. The minimum absolute atomic E-state index is 0.658. The van der Waals surface area contributed by atoms with E-state index < -0.39 is 0 Å². The van der Waals surface area contributed by atoms with E-state index in [1.54, 1.807) is 0 Å². The van der Waals surface area contributed by atoms with Gasteiger partial charge < -0.3 is 10.7 Å². The SMILES string of the molecule is Cc1ccc(Cc2ncc(CCN)[nH]2)c(C)c1. The minimum atomic E-state index is 0.658. The van der Waals surface area contributed by atoms with Gasteiger partial charge in [0.05, 0.1) is 0 Å². The third kappa shape index (κ3) is 2.94. The maximum atomic E-state index is 5.52. The molecule has 2 aromatic rings. The van der Waals surface area contributed by atoms with E-state index in [9.17, 15) is 0 Å². The highest BCUT2D eigenvalue weighted by Gasteiger charge is 2.04. The van der Waals surface area contributed by atoms with E-state index in [-0.39, 0.29) is 0 Å². The lowest BCUT2D eigenvalue weighted by Crippen LogP contribution is -2.03.